The summed E-state index contributed by atoms with van der Waals surface area (Å²) in [6.45, 7) is 4.72. The van der Waals surface area contributed by atoms with Crippen molar-refractivity contribution in [1.29, 1.82) is 0 Å². The summed E-state index contributed by atoms with van der Waals surface area (Å²) in [5.74, 6) is 0.825. The molecule has 11 heavy (non-hydrogen) atoms. The number of hydrogen-bond acceptors (Lipinski definition) is 2. The van der Waals surface area contributed by atoms with E-state index in [9.17, 15) is 0 Å². The molecule has 1 N–H and O–H groups in total. The monoisotopic (exact) mass is 158 g/mol. The van der Waals surface area contributed by atoms with E-state index in [0.717, 1.165) is 18.9 Å². The molecular formula is C9H18O2. The van der Waals surface area contributed by atoms with Gasteiger partial charge in [-0.2, -0.15) is 0 Å². The van der Waals surface area contributed by atoms with Gasteiger partial charge in [0.25, 0.3) is 0 Å². The summed E-state index contributed by atoms with van der Waals surface area (Å²) in [6, 6.07) is 0. The van der Waals surface area contributed by atoms with Crippen LogP contribution in [0.4, 0.5) is 0 Å². The maximum Gasteiger partial charge on any atom is 0.0571 e. The van der Waals surface area contributed by atoms with Gasteiger partial charge < -0.3 is 9.84 Å². The minimum absolute atomic E-state index is 0.218. The van der Waals surface area contributed by atoms with Crippen molar-refractivity contribution < 1.29 is 9.84 Å². The first-order valence-corrected chi connectivity index (χ1v) is 4.48. The average Bonchev–Trinajstić information content (AvgIpc) is 2.63. The first kappa shape index (κ1) is 9.01. The van der Waals surface area contributed by atoms with Gasteiger partial charge in [0, 0.05) is 6.61 Å². The normalized spacial score (nSPS) is 23.2. The summed E-state index contributed by atoms with van der Waals surface area (Å²) in [4.78, 5) is 0. The molecular weight excluding hydrogens is 140 g/mol. The number of aliphatic hydroxyl groups is 1. The lowest BCUT2D eigenvalue weighted by Gasteiger charge is -2.13. The van der Waals surface area contributed by atoms with Gasteiger partial charge in [-0.05, 0) is 39.0 Å². The third kappa shape index (κ3) is 4.38. The third-order valence-electron chi connectivity index (χ3n) is 1.99. The Kier molecular flexibility index (Phi) is 3.34. The molecule has 1 fully saturated rings. The summed E-state index contributed by atoms with van der Waals surface area (Å²) in [7, 11) is 0. The fourth-order valence-corrected chi connectivity index (χ4v) is 1.13. The molecule has 0 aromatic carbocycles. The fourth-order valence-electron chi connectivity index (χ4n) is 1.13. The van der Waals surface area contributed by atoms with Gasteiger partial charge in [0.05, 0.1) is 12.2 Å². The minimum atomic E-state index is -0.232. The first-order chi connectivity index (χ1) is 5.18. The van der Waals surface area contributed by atoms with E-state index in [1.165, 1.54) is 12.8 Å². The highest BCUT2D eigenvalue weighted by Crippen LogP contribution is 2.29. The van der Waals surface area contributed by atoms with Crippen molar-refractivity contribution in [3.63, 3.8) is 0 Å². The van der Waals surface area contributed by atoms with E-state index in [1.54, 1.807) is 6.92 Å². The second kappa shape index (κ2) is 4.07. The van der Waals surface area contributed by atoms with Gasteiger partial charge in [-0.3, -0.25) is 0 Å². The molecule has 0 radical (unpaired) electrons. The Labute approximate surface area is 68.6 Å². The summed E-state index contributed by atoms with van der Waals surface area (Å²) >= 11 is 0. The van der Waals surface area contributed by atoms with E-state index in [2.05, 4.69) is 0 Å². The van der Waals surface area contributed by atoms with Crippen molar-refractivity contribution in [2.24, 2.45) is 5.92 Å². The van der Waals surface area contributed by atoms with Gasteiger partial charge in [0.2, 0.25) is 0 Å². The van der Waals surface area contributed by atoms with Crippen LogP contribution >= 0.6 is 0 Å². The van der Waals surface area contributed by atoms with Crippen LogP contribution in [-0.4, -0.2) is 23.9 Å². The predicted octanol–water partition coefficient (Wildman–Crippen LogP) is 1.57. The zero-order chi connectivity index (χ0) is 8.27. The van der Waals surface area contributed by atoms with E-state index >= 15 is 0 Å². The van der Waals surface area contributed by atoms with Crippen molar-refractivity contribution in [3.8, 4) is 0 Å². The van der Waals surface area contributed by atoms with Crippen LogP contribution in [0.2, 0.25) is 0 Å². The second-order valence-electron chi connectivity index (χ2n) is 3.67. The Morgan fingerprint density at radius 1 is 1.45 bits per heavy atom. The van der Waals surface area contributed by atoms with Gasteiger partial charge >= 0.3 is 0 Å². The largest absolute Gasteiger partial charge is 0.393 e. The lowest BCUT2D eigenvalue weighted by Crippen LogP contribution is -2.16. The van der Waals surface area contributed by atoms with Gasteiger partial charge in [-0.1, -0.05) is 0 Å². The molecule has 0 saturated heterocycles. The molecule has 0 bridgehead atoms. The molecule has 2 nitrogen and oxygen atoms in total. The Hall–Kier alpha value is -0.0800. The number of hydrogen-bond donors (Lipinski definition) is 1. The number of ether oxygens (including phenoxy) is 1. The highest BCUT2D eigenvalue weighted by atomic mass is 16.5. The topological polar surface area (TPSA) is 29.5 Å². The molecule has 1 saturated carbocycles. The molecule has 66 valence electrons. The van der Waals surface area contributed by atoms with Crippen molar-refractivity contribution in [2.75, 3.05) is 6.61 Å². The molecule has 0 aromatic rings. The Morgan fingerprint density at radius 3 is 2.55 bits per heavy atom. The lowest BCUT2D eigenvalue weighted by atomic mass is 10.2. The SMILES string of the molecule is CC(O)CC(C)OCC1CC1. The summed E-state index contributed by atoms with van der Waals surface area (Å²) in [5, 5.41) is 9.02. The van der Waals surface area contributed by atoms with Crippen molar-refractivity contribution in [2.45, 2.75) is 45.3 Å². The second-order valence-corrected chi connectivity index (χ2v) is 3.67. The fraction of sp³-hybridized carbons (Fsp3) is 1.00. The Bertz CT molecular complexity index is 108. The van der Waals surface area contributed by atoms with Crippen molar-refractivity contribution in [1.82, 2.24) is 0 Å². The first-order valence-electron chi connectivity index (χ1n) is 4.48. The van der Waals surface area contributed by atoms with E-state index in [1.807, 2.05) is 6.92 Å². The molecule has 0 spiro atoms. The van der Waals surface area contributed by atoms with Crippen LogP contribution in [0.15, 0.2) is 0 Å². The quantitative estimate of drug-likeness (QED) is 0.658. The summed E-state index contributed by atoms with van der Waals surface area (Å²) in [5.41, 5.74) is 0. The molecule has 0 amide bonds. The van der Waals surface area contributed by atoms with Crippen LogP contribution in [-0.2, 0) is 4.74 Å². The smallest absolute Gasteiger partial charge is 0.0571 e. The Balaban J connectivity index is 1.95. The zero-order valence-corrected chi connectivity index (χ0v) is 7.42. The molecule has 0 heterocycles. The van der Waals surface area contributed by atoms with Crippen molar-refractivity contribution >= 4 is 0 Å². The molecule has 0 aliphatic heterocycles. The Morgan fingerprint density at radius 2 is 2.09 bits per heavy atom. The van der Waals surface area contributed by atoms with Gasteiger partial charge in [-0.25, -0.2) is 0 Å². The summed E-state index contributed by atoms with van der Waals surface area (Å²) in [6.07, 6.45) is 3.41. The highest BCUT2D eigenvalue weighted by molar-refractivity contribution is 4.72. The van der Waals surface area contributed by atoms with Crippen LogP contribution in [0.3, 0.4) is 0 Å². The highest BCUT2D eigenvalue weighted by Gasteiger charge is 2.22. The van der Waals surface area contributed by atoms with Gasteiger partial charge in [-0.15, -0.1) is 0 Å². The number of aliphatic hydroxyl groups excluding tert-OH is 1. The van der Waals surface area contributed by atoms with Crippen molar-refractivity contribution in [3.05, 3.63) is 0 Å². The predicted molar refractivity (Wildman–Crippen MR) is 44.4 cm³/mol. The maximum absolute atomic E-state index is 9.02. The molecule has 2 unspecified atom stereocenters. The minimum Gasteiger partial charge on any atom is -0.393 e. The van der Waals surface area contributed by atoms with E-state index in [0.29, 0.717) is 0 Å². The molecule has 1 rings (SSSR count). The molecule has 1 aliphatic carbocycles. The van der Waals surface area contributed by atoms with Gasteiger partial charge in [0.15, 0.2) is 0 Å². The molecule has 2 atom stereocenters. The molecule has 1 aliphatic rings. The van der Waals surface area contributed by atoms with Crippen LogP contribution in [0.5, 0.6) is 0 Å². The van der Waals surface area contributed by atoms with E-state index in [4.69, 9.17) is 9.84 Å². The van der Waals surface area contributed by atoms with Crippen LogP contribution < -0.4 is 0 Å². The standard InChI is InChI=1S/C9H18O2/c1-7(10)5-8(2)11-6-9-3-4-9/h7-10H,3-6H2,1-2H3. The number of rotatable bonds is 5. The van der Waals surface area contributed by atoms with Crippen LogP contribution in [0.25, 0.3) is 0 Å². The molecule has 0 aromatic heterocycles. The third-order valence-corrected chi connectivity index (χ3v) is 1.99. The lowest BCUT2D eigenvalue weighted by molar-refractivity contribution is 0.0238. The van der Waals surface area contributed by atoms with Crippen LogP contribution in [0.1, 0.15) is 33.1 Å². The average molecular weight is 158 g/mol. The molecule has 2 heteroatoms. The van der Waals surface area contributed by atoms with Gasteiger partial charge in [0.1, 0.15) is 0 Å². The van der Waals surface area contributed by atoms with E-state index in [-0.39, 0.29) is 12.2 Å². The summed E-state index contributed by atoms with van der Waals surface area (Å²) < 4.78 is 5.52. The van der Waals surface area contributed by atoms with Crippen LogP contribution in [0, 0.1) is 5.92 Å². The zero-order valence-electron chi connectivity index (χ0n) is 7.42. The van der Waals surface area contributed by atoms with E-state index < -0.39 is 0 Å². The maximum atomic E-state index is 9.02.